The Morgan fingerprint density at radius 2 is 1.03 bits per heavy atom. The van der Waals surface area contributed by atoms with Crippen molar-refractivity contribution in [2.24, 2.45) is 0 Å². The molecule has 0 N–H and O–H groups in total. The van der Waals surface area contributed by atoms with Gasteiger partial charge in [0.25, 0.3) is 0 Å². The molecule has 0 spiro atoms. The molecule has 5 rings (SSSR count). The smallest absolute Gasteiger partial charge is 0.0619 e. The van der Waals surface area contributed by atoms with Gasteiger partial charge in [0.1, 0.15) is 0 Å². The van der Waals surface area contributed by atoms with Crippen LogP contribution in [0.1, 0.15) is 74.9 Å². The number of fused-ring (bicyclic) bond motifs is 3. The van der Waals surface area contributed by atoms with E-state index in [0.717, 1.165) is 0 Å². The molecule has 33 heavy (non-hydrogen) atoms. The van der Waals surface area contributed by atoms with Crippen LogP contribution in [-0.2, 0) is 16.2 Å². The van der Waals surface area contributed by atoms with Crippen molar-refractivity contribution in [1.29, 1.82) is 0 Å². The molecule has 0 amide bonds. The van der Waals surface area contributed by atoms with E-state index in [4.69, 9.17) is 0 Å². The highest BCUT2D eigenvalue weighted by molar-refractivity contribution is 5.86. The Morgan fingerprint density at radius 1 is 0.545 bits per heavy atom. The molecule has 0 fully saturated rings. The molecule has 1 aliphatic carbocycles. The molecule has 0 unspecified atom stereocenters. The molecule has 165 valence electrons. The minimum Gasteiger partial charge on any atom is -0.0619 e. The zero-order valence-electron chi connectivity index (χ0n) is 20.7. The summed E-state index contributed by atoms with van der Waals surface area (Å²) in [5, 5.41) is 0. The Hall–Kier alpha value is -3.12. The summed E-state index contributed by atoms with van der Waals surface area (Å²) in [6.45, 7) is 13.6. The largest absolute Gasteiger partial charge is 0.0719 e. The van der Waals surface area contributed by atoms with E-state index < -0.39 is 0 Å². The first-order valence-corrected chi connectivity index (χ1v) is 12.0. The van der Waals surface area contributed by atoms with E-state index in [1.54, 1.807) is 0 Å². The van der Waals surface area contributed by atoms with Gasteiger partial charge in [0, 0.05) is 0 Å². The van der Waals surface area contributed by atoms with Gasteiger partial charge in [0.05, 0.1) is 5.41 Å². The Labute approximate surface area is 199 Å². The van der Waals surface area contributed by atoms with E-state index in [1.807, 2.05) is 0 Å². The molecule has 0 aromatic heterocycles. The van der Waals surface area contributed by atoms with E-state index in [2.05, 4.69) is 139 Å². The van der Waals surface area contributed by atoms with Gasteiger partial charge in [-0.3, -0.25) is 0 Å². The van der Waals surface area contributed by atoms with E-state index in [-0.39, 0.29) is 16.2 Å². The summed E-state index contributed by atoms with van der Waals surface area (Å²) in [6, 6.07) is 37.6. The van der Waals surface area contributed by atoms with Crippen molar-refractivity contribution < 1.29 is 0 Å². The van der Waals surface area contributed by atoms with Crippen molar-refractivity contribution in [3.8, 4) is 11.1 Å². The van der Waals surface area contributed by atoms with Crippen LogP contribution in [0.25, 0.3) is 11.1 Å². The Kier molecular flexibility index (Phi) is 4.90. The lowest BCUT2D eigenvalue weighted by Gasteiger charge is -2.34. The van der Waals surface area contributed by atoms with Crippen molar-refractivity contribution >= 4 is 0 Å². The van der Waals surface area contributed by atoms with Gasteiger partial charge in [-0.05, 0) is 61.4 Å². The van der Waals surface area contributed by atoms with Crippen molar-refractivity contribution in [1.82, 2.24) is 0 Å². The SMILES string of the molecule is CC(C)(C)c1ccc(C2(c3ccc(C(C)(C)C)cc3)c3[c]cccc3-c3ccccc32)cc1. The Bertz CT molecular complexity index is 1180. The maximum Gasteiger partial charge on any atom is 0.0719 e. The van der Waals surface area contributed by atoms with Gasteiger partial charge in [0.15, 0.2) is 0 Å². The first-order chi connectivity index (χ1) is 15.6. The van der Waals surface area contributed by atoms with Crippen LogP contribution in [0.4, 0.5) is 0 Å². The lowest BCUT2D eigenvalue weighted by molar-refractivity contribution is 0.588. The van der Waals surface area contributed by atoms with E-state index in [0.29, 0.717) is 0 Å². The molecule has 0 nitrogen and oxygen atoms in total. The van der Waals surface area contributed by atoms with Crippen molar-refractivity contribution in [3.63, 3.8) is 0 Å². The highest BCUT2D eigenvalue weighted by atomic mass is 14.5. The van der Waals surface area contributed by atoms with Crippen LogP contribution in [0.5, 0.6) is 0 Å². The van der Waals surface area contributed by atoms with Crippen molar-refractivity contribution in [2.45, 2.75) is 57.8 Å². The summed E-state index contributed by atoms with van der Waals surface area (Å²) in [5.74, 6) is 0. The lowest BCUT2D eigenvalue weighted by atomic mass is 9.67. The highest BCUT2D eigenvalue weighted by Gasteiger charge is 2.46. The summed E-state index contributed by atoms with van der Waals surface area (Å²) in [7, 11) is 0. The first kappa shape index (κ1) is 21.7. The van der Waals surface area contributed by atoms with Crippen LogP contribution in [0.2, 0.25) is 0 Å². The fraction of sp³-hybridized carbons (Fsp3) is 0.273. The third-order valence-electron chi connectivity index (χ3n) is 7.22. The molecule has 0 aliphatic heterocycles. The number of hydrogen-bond donors (Lipinski definition) is 0. The zero-order valence-corrected chi connectivity index (χ0v) is 20.7. The average Bonchev–Trinajstić information content (AvgIpc) is 3.10. The second-order valence-electron chi connectivity index (χ2n) is 11.4. The third-order valence-corrected chi connectivity index (χ3v) is 7.22. The summed E-state index contributed by atoms with van der Waals surface area (Å²) >= 11 is 0. The number of benzene rings is 4. The van der Waals surface area contributed by atoms with Gasteiger partial charge >= 0.3 is 0 Å². The fourth-order valence-corrected chi connectivity index (χ4v) is 5.36. The monoisotopic (exact) mass is 429 g/mol. The van der Waals surface area contributed by atoms with Crippen LogP contribution in [0, 0.1) is 6.07 Å². The molecule has 0 saturated carbocycles. The van der Waals surface area contributed by atoms with Gasteiger partial charge in [-0.25, -0.2) is 0 Å². The molecular formula is C33H33. The maximum absolute atomic E-state index is 3.67. The lowest BCUT2D eigenvalue weighted by Crippen LogP contribution is -2.29. The molecule has 0 saturated heterocycles. The normalized spacial score (nSPS) is 14.6. The van der Waals surface area contributed by atoms with E-state index in [1.165, 1.54) is 44.5 Å². The van der Waals surface area contributed by atoms with Gasteiger partial charge in [-0.1, -0.05) is 133 Å². The molecule has 1 aliphatic rings. The predicted octanol–water partition coefficient (Wildman–Crippen LogP) is 8.44. The van der Waals surface area contributed by atoms with Gasteiger partial charge in [-0.15, -0.1) is 0 Å². The molecular weight excluding hydrogens is 396 g/mol. The molecule has 4 aromatic carbocycles. The fourth-order valence-electron chi connectivity index (χ4n) is 5.36. The van der Waals surface area contributed by atoms with E-state index >= 15 is 0 Å². The molecule has 0 atom stereocenters. The van der Waals surface area contributed by atoms with Crippen LogP contribution < -0.4 is 0 Å². The number of hydrogen-bond acceptors (Lipinski definition) is 0. The quantitative estimate of drug-likeness (QED) is 0.264. The van der Waals surface area contributed by atoms with Crippen LogP contribution in [0.3, 0.4) is 0 Å². The summed E-state index contributed by atoms with van der Waals surface area (Å²) < 4.78 is 0. The minimum atomic E-state index is -0.375. The molecule has 0 heteroatoms. The number of rotatable bonds is 2. The Balaban J connectivity index is 1.83. The van der Waals surface area contributed by atoms with Crippen molar-refractivity contribution in [2.75, 3.05) is 0 Å². The van der Waals surface area contributed by atoms with Crippen LogP contribution >= 0.6 is 0 Å². The van der Waals surface area contributed by atoms with Crippen LogP contribution in [-0.4, -0.2) is 0 Å². The zero-order chi connectivity index (χ0) is 23.4. The third kappa shape index (κ3) is 3.35. The summed E-state index contributed by atoms with van der Waals surface area (Å²) in [5.41, 5.74) is 10.4. The van der Waals surface area contributed by atoms with Gasteiger partial charge in [0.2, 0.25) is 0 Å². The van der Waals surface area contributed by atoms with Gasteiger partial charge in [-0.2, -0.15) is 0 Å². The molecule has 0 bridgehead atoms. The summed E-state index contributed by atoms with van der Waals surface area (Å²) in [6.07, 6.45) is 0. The predicted molar refractivity (Wildman–Crippen MR) is 140 cm³/mol. The second-order valence-corrected chi connectivity index (χ2v) is 11.4. The topological polar surface area (TPSA) is 0 Å². The van der Waals surface area contributed by atoms with Crippen LogP contribution in [0.15, 0.2) is 91.0 Å². The Morgan fingerprint density at radius 3 is 1.55 bits per heavy atom. The maximum atomic E-state index is 3.67. The average molecular weight is 430 g/mol. The summed E-state index contributed by atoms with van der Waals surface area (Å²) in [4.78, 5) is 0. The standard InChI is InChI=1S/C33H33/c1-31(2,3)23-15-19-25(20-16-23)33(26-21-17-24(18-22-26)32(4,5)6)29-13-9-7-11-27(29)28-12-8-10-14-30(28)33/h7-13,15-22H,1-6H3. The first-order valence-electron chi connectivity index (χ1n) is 12.0. The minimum absolute atomic E-state index is 0.123. The molecule has 0 heterocycles. The van der Waals surface area contributed by atoms with Crippen molar-refractivity contribution in [3.05, 3.63) is 130 Å². The molecule has 1 radical (unpaired) electrons. The van der Waals surface area contributed by atoms with E-state index in [9.17, 15) is 0 Å². The van der Waals surface area contributed by atoms with Gasteiger partial charge < -0.3 is 0 Å². The second kappa shape index (κ2) is 7.45. The highest BCUT2D eigenvalue weighted by Crippen LogP contribution is 2.56. The molecule has 4 aromatic rings.